The van der Waals surface area contributed by atoms with Crippen LogP contribution in [0.5, 0.6) is 0 Å². The molecule has 3 aromatic rings. The minimum atomic E-state index is -2.70. The van der Waals surface area contributed by atoms with Crippen molar-refractivity contribution >= 4 is 25.0 Å². The Morgan fingerprint density at radius 1 is 0.972 bits per heavy atom. The summed E-state index contributed by atoms with van der Waals surface area (Å²) in [5, 5.41) is 2.36. The van der Waals surface area contributed by atoms with Crippen molar-refractivity contribution in [1.82, 2.24) is 0 Å². The molecule has 1 heterocycles. The van der Waals surface area contributed by atoms with Crippen LogP contribution in [0.25, 0.3) is 0 Å². The number of hydrogen-bond donors (Lipinski definition) is 0. The van der Waals surface area contributed by atoms with Crippen molar-refractivity contribution in [3.05, 3.63) is 96.3 Å². The van der Waals surface area contributed by atoms with Crippen LogP contribution in [0.1, 0.15) is 39.2 Å². The van der Waals surface area contributed by atoms with E-state index in [1.54, 1.807) is 0 Å². The lowest BCUT2D eigenvalue weighted by atomic mass is 9.69. The molecule has 1 aliphatic carbocycles. The van der Waals surface area contributed by atoms with Gasteiger partial charge in [-0.15, -0.1) is 0 Å². The lowest BCUT2D eigenvalue weighted by Crippen LogP contribution is -2.67. The Hall–Kier alpha value is -2.60. The third kappa shape index (κ3) is 4.07. The van der Waals surface area contributed by atoms with Crippen molar-refractivity contribution in [2.24, 2.45) is 11.8 Å². The average Bonchev–Trinajstić information content (AvgIpc) is 3.44. The summed E-state index contributed by atoms with van der Waals surface area (Å²) in [5.74, 6) is -0.0600. The standard InChI is InChI=1S/C31H35FO3Si/c1-30(2,3)36(25-10-6-4-7-11-25,26-12-8-5-9-13-26)35-21-27-28(18-19-33)31(20-29(27)34-22-31)23-14-16-24(32)17-15-23/h4-17,19,27-29H,18,20-22H2,1-3H3/t27-,28-,29-,31-/m0/s1. The maximum absolute atomic E-state index is 13.7. The normalized spacial score (nSPS) is 25.7. The first-order valence-electron chi connectivity index (χ1n) is 12.9. The summed E-state index contributed by atoms with van der Waals surface area (Å²) >= 11 is 0. The fraction of sp³-hybridized carbons (Fsp3) is 0.387. The van der Waals surface area contributed by atoms with E-state index in [4.69, 9.17) is 9.16 Å². The number of aldehydes is 1. The van der Waals surface area contributed by atoms with Crippen molar-refractivity contribution in [3.63, 3.8) is 0 Å². The summed E-state index contributed by atoms with van der Waals surface area (Å²) in [5.41, 5.74) is 0.782. The summed E-state index contributed by atoms with van der Waals surface area (Å²) in [6.07, 6.45) is 2.35. The average molecular weight is 503 g/mol. The van der Waals surface area contributed by atoms with Gasteiger partial charge in [0.2, 0.25) is 0 Å². The molecule has 188 valence electrons. The Kier molecular flexibility index (Phi) is 6.75. The van der Waals surface area contributed by atoms with E-state index < -0.39 is 8.32 Å². The molecule has 3 nitrogen and oxygen atoms in total. The number of carbonyl (C=O) groups excluding carboxylic acids is 1. The number of benzene rings is 3. The number of halogens is 1. The maximum atomic E-state index is 13.7. The lowest BCUT2D eigenvalue weighted by molar-refractivity contribution is -0.111. The zero-order chi connectivity index (χ0) is 25.4. The van der Waals surface area contributed by atoms with Gasteiger partial charge in [-0.1, -0.05) is 93.6 Å². The summed E-state index contributed by atoms with van der Waals surface area (Å²) in [7, 11) is -2.70. The highest BCUT2D eigenvalue weighted by Gasteiger charge is 2.60. The van der Waals surface area contributed by atoms with Crippen LogP contribution in [0.2, 0.25) is 5.04 Å². The van der Waals surface area contributed by atoms with Gasteiger partial charge in [-0.25, -0.2) is 4.39 Å². The molecule has 5 heteroatoms. The zero-order valence-corrected chi connectivity index (χ0v) is 22.3. The molecule has 0 N–H and O–H groups in total. The van der Waals surface area contributed by atoms with Crippen LogP contribution in [-0.4, -0.2) is 33.9 Å². The van der Waals surface area contributed by atoms with Gasteiger partial charge in [0.1, 0.15) is 12.1 Å². The fourth-order valence-electron chi connectivity index (χ4n) is 6.84. The van der Waals surface area contributed by atoms with Crippen molar-refractivity contribution in [3.8, 4) is 0 Å². The smallest absolute Gasteiger partial charge is 0.261 e. The minimum Gasteiger partial charge on any atom is -0.407 e. The molecule has 1 aliphatic heterocycles. The Bertz CT molecular complexity index is 1140. The molecule has 0 spiro atoms. The molecule has 4 atom stereocenters. The molecule has 0 amide bonds. The van der Waals surface area contributed by atoms with Crippen LogP contribution in [0, 0.1) is 17.7 Å². The first kappa shape index (κ1) is 25.1. The lowest BCUT2D eigenvalue weighted by Gasteiger charge is -2.45. The van der Waals surface area contributed by atoms with Gasteiger partial charge in [-0.2, -0.15) is 0 Å². The molecule has 0 radical (unpaired) electrons. The van der Waals surface area contributed by atoms with Crippen LogP contribution in [0.3, 0.4) is 0 Å². The molecule has 1 saturated heterocycles. The third-order valence-electron chi connectivity index (χ3n) is 8.50. The molecule has 36 heavy (non-hydrogen) atoms. The summed E-state index contributed by atoms with van der Waals surface area (Å²) in [6.45, 7) is 7.93. The van der Waals surface area contributed by atoms with Gasteiger partial charge in [0.25, 0.3) is 8.32 Å². The van der Waals surface area contributed by atoms with Crippen molar-refractivity contribution in [1.29, 1.82) is 0 Å². The molecular weight excluding hydrogens is 467 g/mol. The highest BCUT2D eigenvalue weighted by Crippen LogP contribution is 2.56. The van der Waals surface area contributed by atoms with E-state index in [-0.39, 0.29) is 34.2 Å². The van der Waals surface area contributed by atoms with E-state index in [9.17, 15) is 9.18 Å². The van der Waals surface area contributed by atoms with Crippen LogP contribution in [-0.2, 0) is 19.4 Å². The quantitative estimate of drug-likeness (QED) is 0.311. The van der Waals surface area contributed by atoms with Crippen LogP contribution < -0.4 is 10.4 Å². The van der Waals surface area contributed by atoms with E-state index >= 15 is 0 Å². The highest BCUT2D eigenvalue weighted by atomic mass is 28.4. The second kappa shape index (κ2) is 9.69. The third-order valence-corrected chi connectivity index (χ3v) is 13.5. The predicted octanol–water partition coefficient (Wildman–Crippen LogP) is 5.26. The van der Waals surface area contributed by atoms with E-state index in [1.807, 2.05) is 24.3 Å². The van der Waals surface area contributed by atoms with E-state index in [0.717, 1.165) is 18.3 Å². The van der Waals surface area contributed by atoms with Gasteiger partial charge in [0, 0.05) is 24.4 Å². The summed E-state index contributed by atoms with van der Waals surface area (Å²) < 4.78 is 27.3. The highest BCUT2D eigenvalue weighted by molar-refractivity contribution is 6.99. The molecule has 2 aliphatic rings. The van der Waals surface area contributed by atoms with E-state index in [0.29, 0.717) is 19.6 Å². The van der Waals surface area contributed by atoms with Crippen LogP contribution in [0.15, 0.2) is 84.9 Å². The summed E-state index contributed by atoms with van der Waals surface area (Å²) in [4.78, 5) is 11.9. The van der Waals surface area contributed by atoms with Gasteiger partial charge in [-0.05, 0) is 45.4 Å². The molecule has 5 rings (SSSR count). The largest absolute Gasteiger partial charge is 0.407 e. The van der Waals surface area contributed by atoms with E-state index in [2.05, 4.69) is 69.3 Å². The molecule has 1 saturated carbocycles. The number of hydrogen-bond acceptors (Lipinski definition) is 3. The van der Waals surface area contributed by atoms with Crippen molar-refractivity contribution in [2.45, 2.75) is 50.2 Å². The monoisotopic (exact) mass is 502 g/mol. The minimum absolute atomic E-state index is 0.0261. The molecule has 2 bridgehead atoms. The van der Waals surface area contributed by atoms with Crippen molar-refractivity contribution in [2.75, 3.05) is 13.2 Å². The van der Waals surface area contributed by atoms with Crippen LogP contribution >= 0.6 is 0 Å². The SMILES string of the molecule is CC(C)(C)[Si](OC[C@@H]1[C@@H]2C[C@@](c3ccc(F)cc3)(CO2)[C@H]1CC=O)(c1ccccc1)c1ccccc1. The topological polar surface area (TPSA) is 35.5 Å². The number of carbonyl (C=O) groups is 1. The first-order chi connectivity index (χ1) is 17.3. The summed E-state index contributed by atoms with van der Waals surface area (Å²) in [6, 6.07) is 28.0. The Labute approximate surface area is 214 Å². The Balaban J connectivity index is 1.53. The van der Waals surface area contributed by atoms with Crippen LogP contribution in [0.4, 0.5) is 4.39 Å². The second-order valence-corrected chi connectivity index (χ2v) is 15.7. The van der Waals surface area contributed by atoms with Gasteiger partial charge >= 0.3 is 0 Å². The van der Waals surface area contributed by atoms with Gasteiger partial charge in [-0.3, -0.25) is 0 Å². The van der Waals surface area contributed by atoms with Gasteiger partial charge in [0.05, 0.1) is 12.7 Å². The zero-order valence-electron chi connectivity index (χ0n) is 21.3. The number of fused-ring (bicyclic) bond motifs is 2. The molecule has 0 unspecified atom stereocenters. The molecule has 0 aromatic heterocycles. The molecular formula is C31H35FO3Si. The molecule has 2 fully saturated rings. The Morgan fingerprint density at radius 3 is 2.08 bits per heavy atom. The fourth-order valence-corrected chi connectivity index (χ4v) is 11.4. The van der Waals surface area contributed by atoms with Gasteiger partial charge < -0.3 is 14.0 Å². The van der Waals surface area contributed by atoms with Crippen molar-refractivity contribution < 1.29 is 18.3 Å². The Morgan fingerprint density at radius 2 is 1.56 bits per heavy atom. The van der Waals surface area contributed by atoms with E-state index in [1.165, 1.54) is 22.5 Å². The first-order valence-corrected chi connectivity index (χ1v) is 14.8. The predicted molar refractivity (Wildman–Crippen MR) is 144 cm³/mol. The number of ether oxygens (including phenoxy) is 1. The second-order valence-electron chi connectivity index (χ2n) is 11.4. The number of rotatable bonds is 8. The molecule has 3 aromatic carbocycles. The maximum Gasteiger partial charge on any atom is 0.261 e. The van der Waals surface area contributed by atoms with Gasteiger partial charge in [0.15, 0.2) is 0 Å².